The summed E-state index contributed by atoms with van der Waals surface area (Å²) < 4.78 is 2.14. The zero-order valence-electron chi connectivity index (χ0n) is 13.3. The highest BCUT2D eigenvalue weighted by molar-refractivity contribution is 7.99. The maximum atomic E-state index is 6.27. The predicted octanol–water partition coefficient (Wildman–Crippen LogP) is 3.71. The first-order valence-corrected chi connectivity index (χ1v) is 8.62. The van der Waals surface area contributed by atoms with Crippen molar-refractivity contribution in [3.63, 3.8) is 0 Å². The van der Waals surface area contributed by atoms with Crippen molar-refractivity contribution in [3.8, 4) is 0 Å². The topological polar surface area (TPSA) is 56.7 Å². The Bertz CT molecular complexity index is 604. The number of nitrogens with zero attached hydrogens (tertiary/aromatic N) is 3. The molecule has 0 amide bonds. The van der Waals surface area contributed by atoms with Gasteiger partial charge in [0.1, 0.15) is 0 Å². The molecule has 2 N–H and O–H groups in total. The van der Waals surface area contributed by atoms with Crippen molar-refractivity contribution in [2.45, 2.75) is 44.4 Å². The third kappa shape index (κ3) is 4.21. The summed E-state index contributed by atoms with van der Waals surface area (Å²) in [4.78, 5) is 0. The summed E-state index contributed by atoms with van der Waals surface area (Å²) in [7, 11) is 0. The third-order valence-corrected chi connectivity index (χ3v) is 4.43. The molecule has 1 heterocycles. The van der Waals surface area contributed by atoms with Crippen LogP contribution in [0.3, 0.4) is 0 Å². The lowest BCUT2D eigenvalue weighted by Crippen LogP contribution is -2.17. The Morgan fingerprint density at radius 2 is 2.05 bits per heavy atom. The number of hydrogen-bond acceptors (Lipinski definition) is 4. The number of aryl methyl sites for hydroxylation is 1. The molecule has 2 rings (SSSR count). The molecule has 0 saturated heterocycles. The van der Waals surface area contributed by atoms with Crippen LogP contribution in [-0.4, -0.2) is 20.5 Å². The molecule has 0 aliphatic carbocycles. The van der Waals surface area contributed by atoms with Crippen LogP contribution in [0, 0.1) is 6.92 Å². The molecular formula is C17H24N4S. The minimum atomic E-state index is -0.0685. The third-order valence-electron chi connectivity index (χ3n) is 3.47. The van der Waals surface area contributed by atoms with Gasteiger partial charge >= 0.3 is 0 Å². The molecule has 22 heavy (non-hydrogen) atoms. The normalized spacial score (nSPS) is 12.3. The summed E-state index contributed by atoms with van der Waals surface area (Å²) in [6, 6.07) is 8.48. The standard InChI is InChI=1S/C17H24N4S/c1-4-6-15(18)16-19-20-17(22-11-5-2)21(16)12-14-9-7-13(3)8-10-14/h5,7-10,15H,2,4,6,11-12,18H2,1,3H3. The fraction of sp³-hybridized carbons (Fsp3) is 0.412. The van der Waals surface area contributed by atoms with E-state index in [1.807, 2.05) is 6.08 Å². The van der Waals surface area contributed by atoms with E-state index in [1.165, 1.54) is 11.1 Å². The smallest absolute Gasteiger partial charge is 0.191 e. The summed E-state index contributed by atoms with van der Waals surface area (Å²) in [5.74, 6) is 1.68. The Hall–Kier alpha value is -1.59. The van der Waals surface area contributed by atoms with Crippen molar-refractivity contribution in [1.82, 2.24) is 14.8 Å². The quantitative estimate of drug-likeness (QED) is 0.596. The zero-order chi connectivity index (χ0) is 15.9. The van der Waals surface area contributed by atoms with Crippen LogP contribution in [0.15, 0.2) is 42.1 Å². The maximum absolute atomic E-state index is 6.27. The number of rotatable bonds is 8. The van der Waals surface area contributed by atoms with E-state index in [1.54, 1.807) is 11.8 Å². The maximum Gasteiger partial charge on any atom is 0.191 e. The van der Waals surface area contributed by atoms with E-state index in [9.17, 15) is 0 Å². The predicted molar refractivity (Wildman–Crippen MR) is 93.1 cm³/mol. The Morgan fingerprint density at radius 1 is 1.32 bits per heavy atom. The second-order valence-electron chi connectivity index (χ2n) is 5.41. The molecule has 0 radical (unpaired) electrons. The van der Waals surface area contributed by atoms with Crippen molar-refractivity contribution < 1.29 is 0 Å². The van der Waals surface area contributed by atoms with E-state index < -0.39 is 0 Å². The van der Waals surface area contributed by atoms with E-state index in [4.69, 9.17) is 5.73 Å². The first-order valence-electron chi connectivity index (χ1n) is 7.63. The molecule has 4 nitrogen and oxygen atoms in total. The molecule has 2 aromatic rings. The Labute approximate surface area is 136 Å². The number of aromatic nitrogens is 3. The van der Waals surface area contributed by atoms with Crippen LogP contribution in [-0.2, 0) is 6.54 Å². The van der Waals surface area contributed by atoms with E-state index in [0.717, 1.165) is 36.1 Å². The van der Waals surface area contributed by atoms with Gasteiger partial charge in [-0.05, 0) is 18.9 Å². The molecule has 0 fully saturated rings. The molecule has 0 aliphatic rings. The summed E-state index contributed by atoms with van der Waals surface area (Å²) in [6.45, 7) is 8.74. The monoisotopic (exact) mass is 316 g/mol. The molecule has 0 bridgehead atoms. The fourth-order valence-corrected chi connectivity index (χ4v) is 2.96. The second-order valence-corrected chi connectivity index (χ2v) is 6.39. The van der Waals surface area contributed by atoms with Crippen LogP contribution < -0.4 is 5.73 Å². The van der Waals surface area contributed by atoms with Gasteiger partial charge in [-0.2, -0.15) is 0 Å². The van der Waals surface area contributed by atoms with Crippen LogP contribution in [0.25, 0.3) is 0 Å². The van der Waals surface area contributed by atoms with Gasteiger partial charge in [0, 0.05) is 5.75 Å². The van der Waals surface area contributed by atoms with Crippen molar-refractivity contribution in [2.24, 2.45) is 5.73 Å². The van der Waals surface area contributed by atoms with Gasteiger partial charge in [0.25, 0.3) is 0 Å². The highest BCUT2D eigenvalue weighted by atomic mass is 32.2. The SMILES string of the molecule is C=CCSc1nnc(C(N)CCC)n1Cc1ccc(C)cc1. The molecule has 118 valence electrons. The second kappa shape index (κ2) is 8.15. The summed E-state index contributed by atoms with van der Waals surface area (Å²) in [5.41, 5.74) is 8.77. The van der Waals surface area contributed by atoms with Gasteiger partial charge in [0.2, 0.25) is 0 Å². The van der Waals surface area contributed by atoms with Crippen LogP contribution in [0.5, 0.6) is 0 Å². The van der Waals surface area contributed by atoms with Gasteiger partial charge in [0.05, 0.1) is 12.6 Å². The Balaban J connectivity index is 2.29. The summed E-state index contributed by atoms with van der Waals surface area (Å²) >= 11 is 1.64. The van der Waals surface area contributed by atoms with Crippen LogP contribution in [0.1, 0.15) is 42.8 Å². The zero-order valence-corrected chi connectivity index (χ0v) is 14.1. The van der Waals surface area contributed by atoms with E-state index in [0.29, 0.717) is 0 Å². The highest BCUT2D eigenvalue weighted by Crippen LogP contribution is 2.23. The van der Waals surface area contributed by atoms with Gasteiger partial charge in [-0.25, -0.2) is 0 Å². The lowest BCUT2D eigenvalue weighted by molar-refractivity contribution is 0.552. The van der Waals surface area contributed by atoms with Crippen molar-refractivity contribution >= 4 is 11.8 Å². The number of thioether (sulfide) groups is 1. The van der Waals surface area contributed by atoms with Crippen molar-refractivity contribution in [2.75, 3.05) is 5.75 Å². The van der Waals surface area contributed by atoms with E-state index in [2.05, 4.69) is 59.5 Å². The molecule has 0 saturated carbocycles. The highest BCUT2D eigenvalue weighted by Gasteiger charge is 2.18. The molecule has 0 aliphatic heterocycles. The van der Waals surface area contributed by atoms with Gasteiger partial charge < -0.3 is 10.3 Å². The lowest BCUT2D eigenvalue weighted by atomic mass is 10.1. The lowest BCUT2D eigenvalue weighted by Gasteiger charge is -2.14. The van der Waals surface area contributed by atoms with Crippen molar-refractivity contribution in [1.29, 1.82) is 0 Å². The number of benzene rings is 1. The van der Waals surface area contributed by atoms with E-state index in [-0.39, 0.29) is 6.04 Å². The Morgan fingerprint density at radius 3 is 2.68 bits per heavy atom. The fourth-order valence-electron chi connectivity index (χ4n) is 2.28. The molecule has 1 atom stereocenters. The molecule has 1 unspecified atom stereocenters. The first kappa shape index (κ1) is 16.8. The van der Waals surface area contributed by atoms with Crippen LogP contribution in [0.2, 0.25) is 0 Å². The average molecular weight is 316 g/mol. The minimum absolute atomic E-state index is 0.0685. The number of hydrogen-bond donors (Lipinski definition) is 1. The Kier molecular flexibility index (Phi) is 6.21. The summed E-state index contributed by atoms with van der Waals surface area (Å²) in [5, 5.41) is 9.56. The van der Waals surface area contributed by atoms with E-state index >= 15 is 0 Å². The minimum Gasteiger partial charge on any atom is -0.321 e. The van der Waals surface area contributed by atoms with Gasteiger partial charge in [-0.3, -0.25) is 0 Å². The summed E-state index contributed by atoms with van der Waals surface area (Å²) in [6.07, 6.45) is 3.83. The van der Waals surface area contributed by atoms with Crippen LogP contribution >= 0.6 is 11.8 Å². The molecular weight excluding hydrogens is 292 g/mol. The molecule has 1 aromatic heterocycles. The average Bonchev–Trinajstić information content (AvgIpc) is 2.90. The van der Waals surface area contributed by atoms with Gasteiger partial charge in [-0.1, -0.05) is 61.0 Å². The van der Waals surface area contributed by atoms with Gasteiger partial charge in [-0.15, -0.1) is 16.8 Å². The molecule has 5 heteroatoms. The number of nitrogens with two attached hydrogens (primary N) is 1. The molecule has 1 aromatic carbocycles. The largest absolute Gasteiger partial charge is 0.321 e. The van der Waals surface area contributed by atoms with Crippen molar-refractivity contribution in [3.05, 3.63) is 53.9 Å². The van der Waals surface area contributed by atoms with Gasteiger partial charge in [0.15, 0.2) is 11.0 Å². The van der Waals surface area contributed by atoms with Crippen LogP contribution in [0.4, 0.5) is 0 Å². The first-order chi connectivity index (χ1) is 10.7. The molecule has 0 spiro atoms.